The summed E-state index contributed by atoms with van der Waals surface area (Å²) < 4.78 is 1.72. The molecule has 1 fully saturated rings. The van der Waals surface area contributed by atoms with Gasteiger partial charge in [-0.15, -0.1) is 0 Å². The maximum atomic E-state index is 12.9. The topological polar surface area (TPSA) is 66.9 Å². The zero-order valence-electron chi connectivity index (χ0n) is 15.3. The molecule has 0 radical (unpaired) electrons. The predicted molar refractivity (Wildman–Crippen MR) is 108 cm³/mol. The first-order valence-electron chi connectivity index (χ1n) is 9.04. The van der Waals surface area contributed by atoms with E-state index in [0.717, 1.165) is 18.4 Å². The van der Waals surface area contributed by atoms with Crippen LogP contribution in [0.2, 0.25) is 0 Å². The van der Waals surface area contributed by atoms with Gasteiger partial charge >= 0.3 is 0 Å². The van der Waals surface area contributed by atoms with Crippen LogP contribution in [0.15, 0.2) is 47.3 Å². The van der Waals surface area contributed by atoms with Crippen LogP contribution in [0.4, 0.5) is 0 Å². The Balaban J connectivity index is 1.65. The van der Waals surface area contributed by atoms with E-state index in [1.54, 1.807) is 25.2 Å². The molecular weight excluding hydrogens is 358 g/mol. The predicted octanol–water partition coefficient (Wildman–Crippen LogP) is 3.79. The number of benzene rings is 2. The first-order chi connectivity index (χ1) is 12.9. The van der Waals surface area contributed by atoms with Gasteiger partial charge in [0.25, 0.3) is 11.5 Å². The molecule has 0 bridgehead atoms. The van der Waals surface area contributed by atoms with E-state index in [-0.39, 0.29) is 17.5 Å². The average Bonchev–Trinajstić information content (AvgIpc) is 3.49. The van der Waals surface area contributed by atoms with Gasteiger partial charge in [-0.25, -0.2) is 0 Å². The molecule has 3 aromatic rings. The van der Waals surface area contributed by atoms with Crippen molar-refractivity contribution in [2.45, 2.75) is 25.8 Å². The number of rotatable bonds is 4. The van der Waals surface area contributed by atoms with Gasteiger partial charge in [-0.1, -0.05) is 29.8 Å². The molecule has 1 aliphatic carbocycles. The summed E-state index contributed by atoms with van der Waals surface area (Å²) in [5.74, 6) is 0.338. The lowest BCUT2D eigenvalue weighted by Crippen LogP contribution is -2.30. The van der Waals surface area contributed by atoms with E-state index in [1.165, 1.54) is 10.1 Å². The van der Waals surface area contributed by atoms with E-state index >= 15 is 0 Å². The summed E-state index contributed by atoms with van der Waals surface area (Å²) in [6.45, 7) is 2.05. The van der Waals surface area contributed by atoms with Gasteiger partial charge in [-0.3, -0.25) is 14.2 Å². The van der Waals surface area contributed by atoms with Gasteiger partial charge in [0.05, 0.1) is 16.9 Å². The van der Waals surface area contributed by atoms with E-state index in [9.17, 15) is 9.59 Å². The van der Waals surface area contributed by atoms with Gasteiger partial charge in [-0.2, -0.15) is 0 Å². The fourth-order valence-corrected chi connectivity index (χ4v) is 3.54. The van der Waals surface area contributed by atoms with Crippen molar-refractivity contribution in [2.75, 3.05) is 0 Å². The minimum absolute atomic E-state index is 0.0101. The summed E-state index contributed by atoms with van der Waals surface area (Å²) in [7, 11) is 1.63. The number of H-pyrrole nitrogens is 1. The van der Waals surface area contributed by atoms with Crippen molar-refractivity contribution in [1.29, 1.82) is 0 Å². The number of aromatic nitrogens is 2. The molecule has 0 aliphatic heterocycles. The molecule has 1 heterocycles. The first-order valence-corrected chi connectivity index (χ1v) is 9.45. The Bertz CT molecular complexity index is 1140. The van der Waals surface area contributed by atoms with Gasteiger partial charge < -0.3 is 10.3 Å². The maximum absolute atomic E-state index is 12.9. The lowest BCUT2D eigenvalue weighted by molar-refractivity contribution is 0.0932. The van der Waals surface area contributed by atoms with Crippen LogP contribution in [0.25, 0.3) is 10.9 Å². The van der Waals surface area contributed by atoms with Gasteiger partial charge in [0.15, 0.2) is 4.77 Å². The van der Waals surface area contributed by atoms with Crippen LogP contribution < -0.4 is 10.9 Å². The molecule has 5 nitrogen and oxygen atoms in total. The molecule has 0 unspecified atom stereocenters. The molecule has 1 amide bonds. The summed E-state index contributed by atoms with van der Waals surface area (Å²) in [4.78, 5) is 28.2. The second-order valence-corrected chi connectivity index (χ2v) is 7.64. The van der Waals surface area contributed by atoms with Crippen molar-refractivity contribution < 1.29 is 4.79 Å². The number of amides is 1. The van der Waals surface area contributed by atoms with Crippen LogP contribution in [-0.2, 0) is 7.05 Å². The highest BCUT2D eigenvalue weighted by molar-refractivity contribution is 7.71. The summed E-state index contributed by atoms with van der Waals surface area (Å²) in [5.41, 5.74) is 3.25. The average molecular weight is 379 g/mol. The SMILES string of the molecule is Cc1ccc([C@H](NC(=O)c2ccc3c(=O)n(C)c(=S)[nH]c3c2)C2CC2)cc1. The maximum Gasteiger partial charge on any atom is 0.261 e. The zero-order chi connectivity index (χ0) is 19.1. The van der Waals surface area contributed by atoms with Crippen molar-refractivity contribution >= 4 is 29.0 Å². The molecule has 0 saturated heterocycles. The number of carbonyl (C=O) groups excluding carboxylic acids is 1. The largest absolute Gasteiger partial charge is 0.345 e. The molecule has 0 spiro atoms. The highest BCUT2D eigenvalue weighted by Gasteiger charge is 2.33. The highest BCUT2D eigenvalue weighted by atomic mass is 32.1. The third kappa shape index (κ3) is 3.45. The number of fused-ring (bicyclic) bond motifs is 1. The van der Waals surface area contributed by atoms with Crippen LogP contribution >= 0.6 is 12.2 Å². The summed E-state index contributed by atoms with van der Waals surface area (Å²) >= 11 is 5.17. The Morgan fingerprint density at radius 2 is 1.93 bits per heavy atom. The minimum atomic E-state index is -0.170. The van der Waals surface area contributed by atoms with Crippen LogP contribution in [0.5, 0.6) is 0 Å². The van der Waals surface area contributed by atoms with E-state index in [4.69, 9.17) is 12.2 Å². The Hall–Kier alpha value is -2.73. The fourth-order valence-electron chi connectivity index (χ4n) is 3.35. The number of hydrogen-bond acceptors (Lipinski definition) is 3. The monoisotopic (exact) mass is 379 g/mol. The third-order valence-electron chi connectivity index (χ3n) is 5.18. The molecule has 2 N–H and O–H groups in total. The quantitative estimate of drug-likeness (QED) is 0.678. The molecule has 6 heteroatoms. The van der Waals surface area contributed by atoms with Crippen molar-refractivity contribution in [3.05, 3.63) is 74.3 Å². The normalized spacial score (nSPS) is 14.9. The van der Waals surface area contributed by atoms with Gasteiger partial charge in [0, 0.05) is 12.6 Å². The second kappa shape index (κ2) is 6.78. The number of carbonyl (C=O) groups is 1. The van der Waals surface area contributed by atoms with Crippen LogP contribution in [0.1, 0.15) is 40.4 Å². The second-order valence-electron chi connectivity index (χ2n) is 7.25. The number of nitrogens with zero attached hydrogens (tertiary/aromatic N) is 1. The number of aromatic amines is 1. The molecule has 1 saturated carbocycles. The van der Waals surface area contributed by atoms with Crippen LogP contribution in [0.3, 0.4) is 0 Å². The molecule has 1 atom stereocenters. The smallest absolute Gasteiger partial charge is 0.261 e. The van der Waals surface area contributed by atoms with E-state index in [0.29, 0.717) is 27.2 Å². The molecule has 2 aromatic carbocycles. The Labute approximate surface area is 162 Å². The van der Waals surface area contributed by atoms with Crippen molar-refractivity contribution in [2.24, 2.45) is 13.0 Å². The molecule has 1 aliphatic rings. The highest BCUT2D eigenvalue weighted by Crippen LogP contribution is 2.41. The van der Waals surface area contributed by atoms with Gasteiger partial charge in [0.2, 0.25) is 0 Å². The lowest BCUT2D eigenvalue weighted by atomic mass is 10.0. The van der Waals surface area contributed by atoms with Crippen molar-refractivity contribution in [3.8, 4) is 0 Å². The molecule has 4 rings (SSSR count). The lowest BCUT2D eigenvalue weighted by Gasteiger charge is -2.19. The van der Waals surface area contributed by atoms with Crippen LogP contribution in [0, 0.1) is 17.6 Å². The first kappa shape index (κ1) is 17.7. The molecule has 138 valence electrons. The Morgan fingerprint density at radius 1 is 1.22 bits per heavy atom. The zero-order valence-corrected chi connectivity index (χ0v) is 16.1. The minimum Gasteiger partial charge on any atom is -0.345 e. The van der Waals surface area contributed by atoms with E-state index < -0.39 is 0 Å². The summed E-state index contributed by atoms with van der Waals surface area (Å²) in [6, 6.07) is 13.4. The molecule has 27 heavy (non-hydrogen) atoms. The van der Waals surface area contributed by atoms with E-state index in [2.05, 4.69) is 41.5 Å². The molecule has 1 aromatic heterocycles. The number of hydrogen-bond donors (Lipinski definition) is 2. The van der Waals surface area contributed by atoms with E-state index in [1.807, 2.05) is 0 Å². The Kier molecular flexibility index (Phi) is 4.44. The van der Waals surface area contributed by atoms with Gasteiger partial charge in [0.1, 0.15) is 0 Å². The summed E-state index contributed by atoms with van der Waals surface area (Å²) in [6.07, 6.45) is 2.25. The Morgan fingerprint density at radius 3 is 2.59 bits per heavy atom. The number of nitrogens with one attached hydrogen (secondary N) is 2. The van der Waals surface area contributed by atoms with Crippen molar-refractivity contribution in [1.82, 2.24) is 14.9 Å². The summed E-state index contributed by atoms with van der Waals surface area (Å²) in [5, 5.41) is 3.69. The van der Waals surface area contributed by atoms with Gasteiger partial charge in [-0.05, 0) is 61.7 Å². The van der Waals surface area contributed by atoms with Crippen LogP contribution in [-0.4, -0.2) is 15.5 Å². The van der Waals surface area contributed by atoms with Crippen molar-refractivity contribution in [3.63, 3.8) is 0 Å². The molecular formula is C21H21N3O2S. The third-order valence-corrected chi connectivity index (χ3v) is 5.56. The number of aryl methyl sites for hydroxylation is 1. The standard InChI is InChI=1S/C21H21N3O2S/c1-12-3-5-13(6-4-12)18(14-7-8-14)23-19(25)15-9-10-16-17(11-15)22-21(27)24(2)20(16)26/h3-6,9-11,14,18H,7-8H2,1-2H3,(H,22,27)(H,23,25)/t18-/m0/s1. The fraction of sp³-hybridized carbons (Fsp3) is 0.286.